The van der Waals surface area contributed by atoms with Crippen molar-refractivity contribution in [3.05, 3.63) is 29.8 Å². The van der Waals surface area contributed by atoms with Crippen molar-refractivity contribution >= 4 is 15.8 Å². The Hall–Kier alpha value is -1.50. The molecule has 0 spiro atoms. The van der Waals surface area contributed by atoms with E-state index in [-0.39, 0.29) is 35.5 Å². The molecule has 0 N–H and O–H groups in total. The second-order valence-electron chi connectivity index (χ2n) is 7.22. The minimum Gasteiger partial charge on any atom is -0.466 e. The van der Waals surface area contributed by atoms with Gasteiger partial charge in [-0.25, -0.2) is 17.2 Å². The molecular formula is C19H24F2O4S. The van der Waals surface area contributed by atoms with E-state index in [1.165, 1.54) is 12.1 Å². The summed E-state index contributed by atoms with van der Waals surface area (Å²) in [4.78, 5) is 12.6. The first-order valence-electron chi connectivity index (χ1n) is 9.11. The van der Waals surface area contributed by atoms with Crippen molar-refractivity contribution in [2.45, 2.75) is 67.4 Å². The van der Waals surface area contributed by atoms with Gasteiger partial charge in [-0.1, -0.05) is 12.1 Å². The van der Waals surface area contributed by atoms with E-state index in [2.05, 4.69) is 0 Å². The predicted molar refractivity (Wildman–Crippen MR) is 93.2 cm³/mol. The van der Waals surface area contributed by atoms with Gasteiger partial charge in [0.2, 0.25) is 0 Å². The topological polar surface area (TPSA) is 60.4 Å². The fourth-order valence-corrected chi connectivity index (χ4v) is 5.28. The van der Waals surface area contributed by atoms with Crippen molar-refractivity contribution in [3.8, 4) is 0 Å². The van der Waals surface area contributed by atoms with Crippen LogP contribution in [0.15, 0.2) is 29.2 Å². The van der Waals surface area contributed by atoms with Gasteiger partial charge in [-0.15, -0.1) is 0 Å². The maximum atomic E-state index is 13.5. The quantitative estimate of drug-likeness (QED) is 0.670. The van der Waals surface area contributed by atoms with Gasteiger partial charge in [-0.05, 0) is 62.6 Å². The smallest absolute Gasteiger partial charge is 0.313 e. The van der Waals surface area contributed by atoms with E-state index >= 15 is 0 Å². The van der Waals surface area contributed by atoms with Gasteiger partial charge in [0.05, 0.1) is 22.7 Å². The summed E-state index contributed by atoms with van der Waals surface area (Å²) in [5.74, 6) is -1.32. The summed E-state index contributed by atoms with van der Waals surface area (Å²) in [5.41, 5.74) is 0.621. The molecule has 2 fully saturated rings. The number of halogens is 2. The second-order valence-corrected chi connectivity index (χ2v) is 9.45. The lowest BCUT2D eigenvalue weighted by Crippen LogP contribution is -2.19. The first-order valence-corrected chi connectivity index (χ1v) is 10.7. The fraction of sp³-hybridized carbons (Fsp3) is 0.632. The molecule has 26 heavy (non-hydrogen) atoms. The number of alkyl halides is 2. The van der Waals surface area contributed by atoms with E-state index in [9.17, 15) is 22.0 Å². The van der Waals surface area contributed by atoms with E-state index in [1.54, 1.807) is 19.1 Å². The second kappa shape index (κ2) is 7.62. The van der Waals surface area contributed by atoms with Gasteiger partial charge in [0, 0.05) is 0 Å². The third kappa shape index (κ3) is 4.08. The summed E-state index contributed by atoms with van der Waals surface area (Å²) in [7, 11) is -3.29. The molecule has 2 aliphatic carbocycles. The van der Waals surface area contributed by atoms with E-state index in [0.717, 1.165) is 0 Å². The summed E-state index contributed by atoms with van der Waals surface area (Å²) in [5, 5.41) is -0.296. The summed E-state index contributed by atoms with van der Waals surface area (Å²) in [6, 6.07) is 6.26. The maximum Gasteiger partial charge on any atom is 0.313 e. The highest BCUT2D eigenvalue weighted by atomic mass is 32.2. The van der Waals surface area contributed by atoms with Crippen LogP contribution in [-0.4, -0.2) is 38.6 Å². The van der Waals surface area contributed by atoms with E-state index in [0.29, 0.717) is 24.8 Å². The lowest BCUT2D eigenvalue weighted by molar-refractivity contribution is -0.145. The van der Waals surface area contributed by atoms with Crippen LogP contribution in [0.4, 0.5) is 8.78 Å². The molecule has 7 heteroatoms. The van der Waals surface area contributed by atoms with E-state index < -0.39 is 34.1 Å². The Labute approximate surface area is 152 Å². The Balaban J connectivity index is 1.79. The van der Waals surface area contributed by atoms with Crippen LogP contribution in [0.5, 0.6) is 0 Å². The first kappa shape index (κ1) is 19.3. The molecule has 0 saturated heterocycles. The largest absolute Gasteiger partial charge is 0.466 e. The van der Waals surface area contributed by atoms with Crippen molar-refractivity contribution < 1.29 is 26.7 Å². The monoisotopic (exact) mass is 386 g/mol. The zero-order chi connectivity index (χ0) is 18.9. The SMILES string of the molecule is CCOC(=O)C(CC1C[C@@H](F)[C@@H](F)C1)c1ccc(S(=O)(=O)C2CC2)cc1. The average molecular weight is 386 g/mol. The highest BCUT2D eigenvalue weighted by molar-refractivity contribution is 7.92. The van der Waals surface area contributed by atoms with Crippen molar-refractivity contribution in [2.24, 2.45) is 5.92 Å². The van der Waals surface area contributed by atoms with Crippen LogP contribution in [0.25, 0.3) is 0 Å². The van der Waals surface area contributed by atoms with E-state index in [4.69, 9.17) is 4.74 Å². The fourth-order valence-electron chi connectivity index (χ4n) is 3.63. The molecule has 2 unspecified atom stereocenters. The molecule has 0 aromatic heterocycles. The molecular weight excluding hydrogens is 362 g/mol. The van der Waals surface area contributed by atoms with Crippen molar-refractivity contribution in [3.63, 3.8) is 0 Å². The normalized spacial score (nSPS) is 27.3. The Morgan fingerprint density at radius 1 is 1.15 bits per heavy atom. The summed E-state index contributed by atoms with van der Waals surface area (Å²) in [6.07, 6.45) is -1.08. The lowest BCUT2D eigenvalue weighted by atomic mass is 9.88. The molecule has 0 bridgehead atoms. The molecule has 2 saturated carbocycles. The third-order valence-electron chi connectivity index (χ3n) is 5.22. The van der Waals surface area contributed by atoms with Crippen LogP contribution in [0.2, 0.25) is 0 Å². The van der Waals surface area contributed by atoms with Gasteiger partial charge in [0.25, 0.3) is 0 Å². The number of esters is 1. The zero-order valence-electron chi connectivity index (χ0n) is 14.7. The van der Waals surface area contributed by atoms with Crippen LogP contribution in [0, 0.1) is 5.92 Å². The van der Waals surface area contributed by atoms with Crippen LogP contribution >= 0.6 is 0 Å². The molecule has 1 aromatic carbocycles. The maximum absolute atomic E-state index is 13.5. The number of carbonyl (C=O) groups is 1. The number of hydrogen-bond donors (Lipinski definition) is 0. The van der Waals surface area contributed by atoms with Gasteiger partial charge >= 0.3 is 5.97 Å². The number of hydrogen-bond acceptors (Lipinski definition) is 4. The molecule has 4 atom stereocenters. The predicted octanol–water partition coefficient (Wildman–Crippen LogP) is 3.75. The molecule has 3 rings (SSSR count). The standard InChI is InChI=1S/C19H24F2O4S/c1-2-25-19(22)16(9-12-10-17(20)18(21)11-12)13-3-5-14(6-4-13)26(23,24)15-7-8-15/h3-6,12,15-18H,2,7-11H2,1H3/t12?,16?,17-,18+. The molecule has 0 amide bonds. The van der Waals surface area contributed by atoms with Gasteiger partial charge < -0.3 is 4.74 Å². The molecule has 2 aliphatic rings. The average Bonchev–Trinajstić information content (AvgIpc) is 3.41. The first-order chi connectivity index (χ1) is 12.3. The molecule has 1 aromatic rings. The van der Waals surface area contributed by atoms with Crippen LogP contribution in [0.1, 0.15) is 50.5 Å². The Morgan fingerprint density at radius 3 is 2.23 bits per heavy atom. The number of rotatable bonds is 7. The van der Waals surface area contributed by atoms with Crippen LogP contribution in [0.3, 0.4) is 0 Å². The zero-order valence-corrected chi connectivity index (χ0v) is 15.6. The Kier molecular flexibility index (Phi) is 5.65. The Bertz CT molecular complexity index is 733. The number of ether oxygens (including phenoxy) is 1. The van der Waals surface area contributed by atoms with Gasteiger partial charge in [-0.2, -0.15) is 0 Å². The van der Waals surface area contributed by atoms with Crippen LogP contribution in [-0.2, 0) is 19.4 Å². The van der Waals surface area contributed by atoms with E-state index in [1.807, 2.05) is 0 Å². The van der Waals surface area contributed by atoms with Crippen molar-refractivity contribution in [2.75, 3.05) is 6.61 Å². The summed E-state index contributed by atoms with van der Waals surface area (Å²) < 4.78 is 56.7. The van der Waals surface area contributed by atoms with Gasteiger partial charge in [0.15, 0.2) is 9.84 Å². The molecule has 144 valence electrons. The van der Waals surface area contributed by atoms with Gasteiger partial charge in [0.1, 0.15) is 12.3 Å². The third-order valence-corrected chi connectivity index (χ3v) is 7.50. The molecule has 4 nitrogen and oxygen atoms in total. The minimum atomic E-state index is -3.29. The highest BCUT2D eigenvalue weighted by Gasteiger charge is 2.39. The van der Waals surface area contributed by atoms with Gasteiger partial charge in [-0.3, -0.25) is 4.79 Å². The Morgan fingerprint density at radius 2 is 1.73 bits per heavy atom. The number of benzene rings is 1. The minimum absolute atomic E-state index is 0.102. The summed E-state index contributed by atoms with van der Waals surface area (Å²) >= 11 is 0. The van der Waals surface area contributed by atoms with Crippen molar-refractivity contribution in [1.29, 1.82) is 0 Å². The highest BCUT2D eigenvalue weighted by Crippen LogP contribution is 2.39. The van der Waals surface area contributed by atoms with Crippen LogP contribution < -0.4 is 0 Å². The number of sulfone groups is 1. The number of carbonyl (C=O) groups excluding carboxylic acids is 1. The lowest BCUT2D eigenvalue weighted by Gasteiger charge is -2.19. The summed E-state index contributed by atoms with van der Waals surface area (Å²) in [6.45, 7) is 1.91. The molecule has 0 radical (unpaired) electrons. The molecule has 0 aliphatic heterocycles. The molecule has 0 heterocycles. The van der Waals surface area contributed by atoms with Crippen molar-refractivity contribution in [1.82, 2.24) is 0 Å².